The molecule has 2 aromatic carbocycles. The van der Waals surface area contributed by atoms with Gasteiger partial charge in [0.15, 0.2) is 11.6 Å². The third-order valence-electron chi connectivity index (χ3n) is 4.02. The van der Waals surface area contributed by atoms with Crippen LogP contribution in [0.1, 0.15) is 28.9 Å². The van der Waals surface area contributed by atoms with Crippen LogP contribution in [0.5, 0.6) is 0 Å². The molecular weight excluding hydrogens is 333 g/mol. The number of H-pyrrole nitrogens is 1. The highest BCUT2D eigenvalue weighted by atomic mass is 19.2. The Hall–Kier alpha value is -2.80. The molecule has 1 heterocycles. The molecule has 2 unspecified atom stereocenters. The average Bonchev–Trinajstić information content (AvgIpc) is 3.02. The molecule has 3 N–H and O–H groups in total. The molecule has 0 aliphatic carbocycles. The quantitative estimate of drug-likeness (QED) is 0.676. The molecule has 0 fully saturated rings. The highest BCUT2D eigenvalue weighted by molar-refractivity contribution is 6.07. The third kappa shape index (κ3) is 3.23. The summed E-state index contributed by atoms with van der Waals surface area (Å²) in [5.41, 5.74) is 0.688. The fraction of sp³-hybridized carbons (Fsp3) is 0.167. The summed E-state index contributed by atoms with van der Waals surface area (Å²) in [5.74, 6) is -3.25. The molecule has 0 aliphatic heterocycles. The minimum atomic E-state index is -1.26. The first kappa shape index (κ1) is 17.0. The average molecular weight is 348 g/mol. The molecular formula is C18H15F3N2O2. The maximum Gasteiger partial charge on any atom is 0.253 e. The van der Waals surface area contributed by atoms with Crippen LogP contribution in [0.4, 0.5) is 13.2 Å². The zero-order chi connectivity index (χ0) is 18.1. The van der Waals surface area contributed by atoms with Crippen molar-refractivity contribution in [1.29, 1.82) is 0 Å². The second kappa shape index (κ2) is 6.60. The van der Waals surface area contributed by atoms with Crippen LogP contribution >= 0.6 is 0 Å². The Balaban J connectivity index is 1.80. The number of carbonyl (C=O) groups excluding carboxylic acids is 1. The van der Waals surface area contributed by atoms with Gasteiger partial charge in [-0.2, -0.15) is 0 Å². The van der Waals surface area contributed by atoms with Gasteiger partial charge < -0.3 is 15.4 Å². The van der Waals surface area contributed by atoms with E-state index in [4.69, 9.17) is 0 Å². The monoisotopic (exact) mass is 348 g/mol. The van der Waals surface area contributed by atoms with Gasteiger partial charge in [0, 0.05) is 17.1 Å². The first-order valence-corrected chi connectivity index (χ1v) is 7.58. The van der Waals surface area contributed by atoms with E-state index in [1.165, 1.54) is 31.3 Å². The van der Waals surface area contributed by atoms with E-state index >= 15 is 0 Å². The van der Waals surface area contributed by atoms with Crippen molar-refractivity contribution >= 4 is 16.8 Å². The highest BCUT2D eigenvalue weighted by Gasteiger charge is 2.22. The van der Waals surface area contributed by atoms with Gasteiger partial charge >= 0.3 is 0 Å². The molecule has 0 spiro atoms. The zero-order valence-corrected chi connectivity index (χ0v) is 13.2. The van der Waals surface area contributed by atoms with Gasteiger partial charge in [-0.15, -0.1) is 0 Å². The molecule has 4 nitrogen and oxygen atoms in total. The highest BCUT2D eigenvalue weighted by Crippen LogP contribution is 2.23. The molecule has 0 bridgehead atoms. The minimum Gasteiger partial charge on any atom is -0.386 e. The molecule has 0 radical (unpaired) electrons. The molecule has 7 heteroatoms. The van der Waals surface area contributed by atoms with Crippen LogP contribution < -0.4 is 5.32 Å². The lowest BCUT2D eigenvalue weighted by molar-refractivity contribution is 0.0853. The van der Waals surface area contributed by atoms with Crippen LogP contribution in [-0.4, -0.2) is 22.0 Å². The van der Waals surface area contributed by atoms with Crippen LogP contribution in [0, 0.1) is 17.5 Å². The topological polar surface area (TPSA) is 65.1 Å². The van der Waals surface area contributed by atoms with Crippen molar-refractivity contribution < 1.29 is 23.1 Å². The first-order valence-electron chi connectivity index (χ1n) is 7.58. The number of hydrogen-bond acceptors (Lipinski definition) is 2. The number of rotatable bonds is 4. The number of halogens is 3. The number of benzene rings is 2. The van der Waals surface area contributed by atoms with E-state index in [1.807, 2.05) is 0 Å². The summed E-state index contributed by atoms with van der Waals surface area (Å²) in [7, 11) is 0. The lowest BCUT2D eigenvalue weighted by Crippen LogP contribution is -2.37. The van der Waals surface area contributed by atoms with Crippen molar-refractivity contribution in [2.75, 3.05) is 0 Å². The summed E-state index contributed by atoms with van der Waals surface area (Å²) in [6.07, 6.45) is 0.119. The Kier molecular flexibility index (Phi) is 4.50. The predicted molar refractivity (Wildman–Crippen MR) is 86.5 cm³/mol. The van der Waals surface area contributed by atoms with Crippen LogP contribution in [0.25, 0.3) is 10.9 Å². The van der Waals surface area contributed by atoms with E-state index in [-0.39, 0.29) is 16.5 Å². The van der Waals surface area contributed by atoms with Crippen molar-refractivity contribution in [1.82, 2.24) is 10.3 Å². The van der Waals surface area contributed by atoms with Gasteiger partial charge in [0.25, 0.3) is 5.91 Å². The second-order valence-electron chi connectivity index (χ2n) is 5.75. The third-order valence-corrected chi connectivity index (χ3v) is 4.02. The maximum atomic E-state index is 14.0. The Bertz CT molecular complexity index is 939. The number of carbonyl (C=O) groups is 1. The number of fused-ring (bicyclic) bond motifs is 1. The number of hydrogen-bond donors (Lipinski definition) is 3. The molecule has 130 valence electrons. The number of aromatic nitrogens is 1. The van der Waals surface area contributed by atoms with Crippen LogP contribution in [0.3, 0.4) is 0 Å². The maximum absolute atomic E-state index is 14.0. The largest absolute Gasteiger partial charge is 0.386 e. The van der Waals surface area contributed by atoms with E-state index in [0.29, 0.717) is 5.52 Å². The molecule has 25 heavy (non-hydrogen) atoms. The molecule has 1 aromatic heterocycles. The van der Waals surface area contributed by atoms with E-state index in [2.05, 4.69) is 10.3 Å². The summed E-state index contributed by atoms with van der Waals surface area (Å²) in [5, 5.41) is 12.9. The molecule has 0 saturated carbocycles. The van der Waals surface area contributed by atoms with E-state index in [1.54, 1.807) is 6.07 Å². The fourth-order valence-corrected chi connectivity index (χ4v) is 2.67. The standard InChI is InChI=1S/C18H15F3N2O2/c1-9(17(24)10-5-6-12(19)14(21)7-10)23-18(25)11-8-22-15-4-2-3-13(20)16(11)15/h2-9,17,22,24H,1H3,(H,23,25). The smallest absolute Gasteiger partial charge is 0.253 e. The van der Waals surface area contributed by atoms with Crippen molar-refractivity contribution in [3.05, 3.63) is 71.2 Å². The van der Waals surface area contributed by atoms with Crippen molar-refractivity contribution in [3.63, 3.8) is 0 Å². The van der Waals surface area contributed by atoms with Gasteiger partial charge in [0.1, 0.15) is 5.82 Å². The number of aliphatic hydroxyl groups is 1. The van der Waals surface area contributed by atoms with Crippen LogP contribution in [-0.2, 0) is 0 Å². The van der Waals surface area contributed by atoms with Gasteiger partial charge in [-0.3, -0.25) is 4.79 Å². The molecule has 3 rings (SSSR count). The lowest BCUT2D eigenvalue weighted by Gasteiger charge is -2.20. The summed E-state index contributed by atoms with van der Waals surface area (Å²) in [4.78, 5) is 15.2. The summed E-state index contributed by atoms with van der Waals surface area (Å²) < 4.78 is 40.2. The van der Waals surface area contributed by atoms with Crippen molar-refractivity contribution in [2.24, 2.45) is 0 Å². The number of aliphatic hydroxyl groups excluding tert-OH is 1. The predicted octanol–water partition coefficient (Wildman–Crippen LogP) is 3.44. The molecule has 1 amide bonds. The lowest BCUT2D eigenvalue weighted by atomic mass is 10.0. The van der Waals surface area contributed by atoms with Gasteiger partial charge in [0.05, 0.1) is 17.7 Å². The summed E-state index contributed by atoms with van der Waals surface area (Å²) in [6.45, 7) is 1.51. The Morgan fingerprint density at radius 2 is 1.88 bits per heavy atom. The number of nitrogens with one attached hydrogen (secondary N) is 2. The van der Waals surface area contributed by atoms with E-state index in [9.17, 15) is 23.1 Å². The van der Waals surface area contributed by atoms with Crippen molar-refractivity contribution in [3.8, 4) is 0 Å². The molecule has 3 aromatic rings. The molecule has 0 aliphatic rings. The fourth-order valence-electron chi connectivity index (χ4n) is 2.67. The zero-order valence-electron chi connectivity index (χ0n) is 13.2. The minimum absolute atomic E-state index is 0.0948. The van der Waals surface area contributed by atoms with Gasteiger partial charge in [-0.05, 0) is 36.8 Å². The second-order valence-corrected chi connectivity index (χ2v) is 5.75. The summed E-state index contributed by atoms with van der Waals surface area (Å²) >= 11 is 0. The Morgan fingerprint density at radius 1 is 1.12 bits per heavy atom. The molecule has 2 atom stereocenters. The van der Waals surface area contributed by atoms with Crippen LogP contribution in [0.2, 0.25) is 0 Å². The van der Waals surface area contributed by atoms with Gasteiger partial charge in [-0.1, -0.05) is 12.1 Å². The Labute approximate surface area is 141 Å². The summed E-state index contributed by atoms with van der Waals surface area (Å²) in [6, 6.07) is 6.59. The van der Waals surface area contributed by atoms with Crippen molar-refractivity contribution in [2.45, 2.75) is 19.1 Å². The van der Waals surface area contributed by atoms with E-state index in [0.717, 1.165) is 12.1 Å². The van der Waals surface area contributed by atoms with E-state index < -0.39 is 35.5 Å². The van der Waals surface area contributed by atoms with Gasteiger partial charge in [-0.25, -0.2) is 13.2 Å². The molecule has 0 saturated heterocycles. The van der Waals surface area contributed by atoms with Gasteiger partial charge in [0.2, 0.25) is 0 Å². The normalized spacial score (nSPS) is 13.6. The van der Waals surface area contributed by atoms with Crippen LogP contribution in [0.15, 0.2) is 42.6 Å². The SMILES string of the molecule is CC(NC(=O)c1c[nH]c2cccc(F)c12)C(O)c1ccc(F)c(F)c1. The Morgan fingerprint density at radius 3 is 2.60 bits per heavy atom. The first-order chi connectivity index (χ1) is 11.9. The number of amides is 1. The number of aromatic amines is 1.